The maximum atomic E-state index is 13.7. The molecule has 0 aliphatic heterocycles. The van der Waals surface area contributed by atoms with Crippen LogP contribution in [0.5, 0.6) is 5.75 Å². The van der Waals surface area contributed by atoms with E-state index >= 15 is 0 Å². The number of rotatable bonds is 5. The van der Waals surface area contributed by atoms with Gasteiger partial charge in [0.2, 0.25) is 0 Å². The average molecular weight is 422 g/mol. The van der Waals surface area contributed by atoms with E-state index in [4.69, 9.17) is 16.3 Å². The lowest BCUT2D eigenvalue weighted by Crippen LogP contribution is -1.99. The number of halogens is 3. The molecule has 0 bridgehead atoms. The quantitative estimate of drug-likeness (QED) is 0.414. The van der Waals surface area contributed by atoms with Crippen LogP contribution in [0.2, 0.25) is 5.02 Å². The van der Waals surface area contributed by atoms with Crippen LogP contribution in [-0.2, 0) is 6.61 Å². The fourth-order valence-corrected chi connectivity index (χ4v) is 3.51. The van der Waals surface area contributed by atoms with Gasteiger partial charge in [-0.3, -0.25) is 0 Å². The number of hydrogen-bond donors (Lipinski definition) is 1. The molecular formula is C19H14Cl2FN3OS. The van der Waals surface area contributed by atoms with E-state index in [0.29, 0.717) is 16.3 Å². The summed E-state index contributed by atoms with van der Waals surface area (Å²) >= 11 is 7.88. The van der Waals surface area contributed by atoms with E-state index in [-0.39, 0.29) is 24.8 Å². The predicted molar refractivity (Wildman–Crippen MR) is 110 cm³/mol. The van der Waals surface area contributed by atoms with Gasteiger partial charge in [0.1, 0.15) is 24.5 Å². The van der Waals surface area contributed by atoms with Crippen molar-refractivity contribution in [1.82, 2.24) is 9.97 Å². The SMILES string of the molecule is Cl.Fc1ccccc1COc1ccc(Nc2ncnc3ccsc23)cc1Cl. The van der Waals surface area contributed by atoms with Crippen LogP contribution >= 0.6 is 35.3 Å². The molecule has 0 radical (unpaired) electrons. The number of aromatic nitrogens is 2. The molecule has 8 heteroatoms. The number of nitrogens with one attached hydrogen (secondary N) is 1. The maximum Gasteiger partial charge on any atom is 0.151 e. The van der Waals surface area contributed by atoms with Crippen LogP contribution in [0.25, 0.3) is 10.2 Å². The van der Waals surface area contributed by atoms with Crippen molar-refractivity contribution in [2.45, 2.75) is 6.61 Å². The summed E-state index contributed by atoms with van der Waals surface area (Å²) in [5.41, 5.74) is 2.15. The standard InChI is InChI=1S/C19H13ClFN3OS.ClH/c20-14-9-13(24-19-18-16(7-8-26-18)22-11-23-19)5-6-17(14)25-10-12-3-1-2-4-15(12)21;/h1-9,11H,10H2,(H,22,23,24);1H. The highest BCUT2D eigenvalue weighted by Crippen LogP contribution is 2.32. The van der Waals surface area contributed by atoms with Crippen molar-refractivity contribution in [3.8, 4) is 5.75 Å². The van der Waals surface area contributed by atoms with E-state index < -0.39 is 0 Å². The summed E-state index contributed by atoms with van der Waals surface area (Å²) in [6, 6.07) is 13.8. The van der Waals surface area contributed by atoms with Gasteiger partial charge in [-0.15, -0.1) is 23.7 Å². The molecule has 2 aromatic heterocycles. The van der Waals surface area contributed by atoms with Crippen LogP contribution in [0.3, 0.4) is 0 Å². The van der Waals surface area contributed by atoms with E-state index in [1.165, 1.54) is 12.4 Å². The Morgan fingerprint density at radius 2 is 1.96 bits per heavy atom. The minimum atomic E-state index is -0.300. The Hall–Kier alpha value is -2.41. The third kappa shape index (κ3) is 4.30. The van der Waals surface area contributed by atoms with Crippen LogP contribution < -0.4 is 10.1 Å². The zero-order valence-electron chi connectivity index (χ0n) is 13.9. The number of hydrogen-bond acceptors (Lipinski definition) is 5. The van der Waals surface area contributed by atoms with Crippen molar-refractivity contribution in [3.63, 3.8) is 0 Å². The van der Waals surface area contributed by atoms with Crippen molar-refractivity contribution in [3.05, 3.63) is 76.6 Å². The zero-order valence-corrected chi connectivity index (χ0v) is 16.2. The third-order valence-corrected chi connectivity index (χ3v) is 4.98. The topological polar surface area (TPSA) is 47.0 Å². The number of benzene rings is 2. The second-order valence-electron chi connectivity index (χ2n) is 5.51. The van der Waals surface area contributed by atoms with Crippen molar-refractivity contribution in [2.24, 2.45) is 0 Å². The first-order valence-corrected chi connectivity index (χ1v) is 9.07. The van der Waals surface area contributed by atoms with Crippen LogP contribution in [0.15, 0.2) is 60.2 Å². The Kier molecular flexibility index (Phi) is 6.11. The Morgan fingerprint density at radius 3 is 2.78 bits per heavy atom. The van der Waals surface area contributed by atoms with E-state index in [1.54, 1.807) is 41.7 Å². The van der Waals surface area contributed by atoms with E-state index in [9.17, 15) is 4.39 Å². The van der Waals surface area contributed by atoms with Gasteiger partial charge in [0.05, 0.1) is 15.2 Å². The summed E-state index contributed by atoms with van der Waals surface area (Å²) in [5, 5.41) is 5.65. The minimum absolute atomic E-state index is 0. The number of ether oxygens (including phenoxy) is 1. The summed E-state index contributed by atoms with van der Waals surface area (Å²) in [6.07, 6.45) is 1.52. The molecule has 0 fully saturated rings. The van der Waals surface area contributed by atoms with Crippen molar-refractivity contribution < 1.29 is 9.13 Å². The highest BCUT2D eigenvalue weighted by Gasteiger charge is 2.09. The first-order chi connectivity index (χ1) is 12.7. The van der Waals surface area contributed by atoms with Crippen molar-refractivity contribution >= 4 is 57.1 Å². The number of nitrogens with zero attached hydrogens (tertiary/aromatic N) is 2. The second-order valence-corrected chi connectivity index (χ2v) is 6.83. The Balaban J connectivity index is 0.00000210. The molecule has 1 N–H and O–H groups in total. The molecule has 0 unspecified atom stereocenters. The third-order valence-electron chi connectivity index (χ3n) is 3.78. The number of anilines is 2. The van der Waals surface area contributed by atoms with Crippen LogP contribution in [0.1, 0.15) is 5.56 Å². The smallest absolute Gasteiger partial charge is 0.151 e. The lowest BCUT2D eigenvalue weighted by atomic mass is 10.2. The van der Waals surface area contributed by atoms with Gasteiger partial charge in [-0.2, -0.15) is 0 Å². The molecule has 0 aliphatic rings. The molecule has 0 spiro atoms. The molecule has 27 heavy (non-hydrogen) atoms. The van der Waals surface area contributed by atoms with E-state index in [1.807, 2.05) is 17.5 Å². The van der Waals surface area contributed by atoms with Crippen molar-refractivity contribution in [1.29, 1.82) is 0 Å². The molecule has 4 rings (SSSR count). The summed E-state index contributed by atoms with van der Waals surface area (Å²) in [4.78, 5) is 8.50. The number of thiophene rings is 1. The summed E-state index contributed by atoms with van der Waals surface area (Å²) in [7, 11) is 0. The fraction of sp³-hybridized carbons (Fsp3) is 0.0526. The van der Waals surface area contributed by atoms with Gasteiger partial charge in [-0.25, -0.2) is 14.4 Å². The fourth-order valence-electron chi connectivity index (χ4n) is 2.48. The van der Waals surface area contributed by atoms with Gasteiger partial charge in [-0.05, 0) is 35.7 Å². The van der Waals surface area contributed by atoms with Gasteiger partial charge in [-0.1, -0.05) is 29.8 Å². The summed E-state index contributed by atoms with van der Waals surface area (Å²) in [6.45, 7) is 0.112. The van der Waals surface area contributed by atoms with Gasteiger partial charge in [0.15, 0.2) is 5.82 Å². The molecule has 4 aromatic rings. The molecule has 0 saturated heterocycles. The molecule has 2 aromatic carbocycles. The largest absolute Gasteiger partial charge is 0.487 e. The first-order valence-electron chi connectivity index (χ1n) is 7.82. The minimum Gasteiger partial charge on any atom is -0.487 e. The molecule has 4 nitrogen and oxygen atoms in total. The van der Waals surface area contributed by atoms with Gasteiger partial charge in [0, 0.05) is 11.3 Å². The molecular weight excluding hydrogens is 408 g/mol. The number of fused-ring (bicyclic) bond motifs is 1. The highest BCUT2D eigenvalue weighted by molar-refractivity contribution is 7.17. The van der Waals surface area contributed by atoms with Crippen LogP contribution in [0, 0.1) is 5.82 Å². The van der Waals surface area contributed by atoms with Crippen LogP contribution in [-0.4, -0.2) is 9.97 Å². The van der Waals surface area contributed by atoms with E-state index in [2.05, 4.69) is 15.3 Å². The normalized spacial score (nSPS) is 10.4. The van der Waals surface area contributed by atoms with Crippen molar-refractivity contribution in [2.75, 3.05) is 5.32 Å². The monoisotopic (exact) mass is 421 g/mol. The molecule has 0 saturated carbocycles. The summed E-state index contributed by atoms with van der Waals surface area (Å²) in [5.74, 6) is 0.913. The van der Waals surface area contributed by atoms with Gasteiger partial charge in [0.25, 0.3) is 0 Å². The maximum absolute atomic E-state index is 13.7. The Labute approximate surface area is 170 Å². The molecule has 0 aliphatic carbocycles. The summed E-state index contributed by atoms with van der Waals surface area (Å²) < 4.78 is 20.3. The average Bonchev–Trinajstić information content (AvgIpc) is 3.12. The Morgan fingerprint density at radius 1 is 1.11 bits per heavy atom. The Bertz CT molecular complexity index is 1070. The molecule has 0 atom stereocenters. The lowest BCUT2D eigenvalue weighted by Gasteiger charge is -2.11. The zero-order chi connectivity index (χ0) is 17.9. The molecule has 138 valence electrons. The van der Waals surface area contributed by atoms with Gasteiger partial charge < -0.3 is 10.1 Å². The van der Waals surface area contributed by atoms with Crippen LogP contribution in [0.4, 0.5) is 15.9 Å². The highest BCUT2D eigenvalue weighted by atomic mass is 35.5. The first kappa shape index (κ1) is 19.4. The molecule has 2 heterocycles. The molecule has 0 amide bonds. The van der Waals surface area contributed by atoms with E-state index in [0.717, 1.165) is 21.7 Å². The lowest BCUT2D eigenvalue weighted by molar-refractivity contribution is 0.300. The van der Waals surface area contributed by atoms with Gasteiger partial charge >= 0.3 is 0 Å². The predicted octanol–water partition coefficient (Wildman–Crippen LogP) is 6.23. The second kappa shape index (κ2) is 8.52.